The lowest BCUT2D eigenvalue weighted by atomic mass is 9.99. The minimum atomic E-state index is 0.626. The van der Waals surface area contributed by atoms with Crippen LogP contribution in [0.2, 0.25) is 0 Å². The van der Waals surface area contributed by atoms with Crippen LogP contribution in [-0.2, 0) is 6.42 Å². The van der Waals surface area contributed by atoms with Crippen molar-refractivity contribution >= 4 is 10.9 Å². The molecule has 2 aromatic rings. The molecule has 19 heavy (non-hydrogen) atoms. The molecule has 0 saturated carbocycles. The lowest BCUT2D eigenvalue weighted by Gasteiger charge is -2.29. The molecular formula is C17H24N2. The highest BCUT2D eigenvalue weighted by Crippen LogP contribution is 2.20. The molecule has 2 heteroatoms. The first kappa shape index (κ1) is 14.0. The molecule has 1 aromatic heterocycles. The Labute approximate surface area is 116 Å². The number of pyridine rings is 1. The topological polar surface area (TPSA) is 16.1 Å². The van der Waals surface area contributed by atoms with E-state index in [1.54, 1.807) is 0 Å². The average molecular weight is 256 g/mol. The largest absolute Gasteiger partial charge is 0.301 e. The Kier molecular flexibility index (Phi) is 4.92. The Morgan fingerprint density at radius 1 is 1.05 bits per heavy atom. The molecule has 0 aliphatic heterocycles. The van der Waals surface area contributed by atoms with Crippen LogP contribution in [0, 0.1) is 0 Å². The van der Waals surface area contributed by atoms with Crippen molar-refractivity contribution in [1.29, 1.82) is 0 Å². The molecule has 1 unspecified atom stereocenters. The summed E-state index contributed by atoms with van der Waals surface area (Å²) in [6.45, 7) is 9.02. The van der Waals surface area contributed by atoms with E-state index in [2.05, 4.69) is 61.0 Å². The van der Waals surface area contributed by atoms with E-state index >= 15 is 0 Å². The van der Waals surface area contributed by atoms with Crippen LogP contribution in [0.25, 0.3) is 10.9 Å². The molecule has 1 heterocycles. The zero-order valence-electron chi connectivity index (χ0n) is 12.3. The molecule has 2 rings (SSSR count). The third kappa shape index (κ3) is 3.13. The van der Waals surface area contributed by atoms with Crippen molar-refractivity contribution in [2.24, 2.45) is 0 Å². The number of benzene rings is 1. The standard InChI is InChI=1S/C17H24N2/c1-4-15(19(5-2)6-3)13-14-11-12-18-17-10-8-7-9-16(14)17/h7-12,15H,4-6,13H2,1-3H3. The Bertz CT molecular complexity index is 512. The fourth-order valence-electron chi connectivity index (χ4n) is 2.86. The van der Waals surface area contributed by atoms with Crippen molar-refractivity contribution in [3.05, 3.63) is 42.1 Å². The van der Waals surface area contributed by atoms with Crippen LogP contribution in [0.15, 0.2) is 36.5 Å². The van der Waals surface area contributed by atoms with Gasteiger partial charge in [-0.15, -0.1) is 0 Å². The molecule has 0 spiro atoms. The van der Waals surface area contributed by atoms with E-state index in [9.17, 15) is 0 Å². The Hall–Kier alpha value is -1.41. The summed E-state index contributed by atoms with van der Waals surface area (Å²) in [4.78, 5) is 7.00. The highest BCUT2D eigenvalue weighted by Gasteiger charge is 2.15. The Morgan fingerprint density at radius 3 is 2.47 bits per heavy atom. The summed E-state index contributed by atoms with van der Waals surface area (Å²) >= 11 is 0. The quantitative estimate of drug-likeness (QED) is 0.779. The predicted octanol–water partition coefficient (Wildman–Crippen LogP) is 3.90. The van der Waals surface area contributed by atoms with E-state index in [4.69, 9.17) is 0 Å². The number of hydrogen-bond donors (Lipinski definition) is 0. The lowest BCUT2D eigenvalue weighted by Crippen LogP contribution is -2.36. The lowest BCUT2D eigenvalue weighted by molar-refractivity contribution is 0.210. The SMILES string of the molecule is CCC(Cc1ccnc2ccccc12)N(CC)CC. The van der Waals surface area contributed by atoms with Crippen LogP contribution < -0.4 is 0 Å². The van der Waals surface area contributed by atoms with Crippen molar-refractivity contribution in [3.8, 4) is 0 Å². The normalized spacial score (nSPS) is 13.1. The number of rotatable bonds is 6. The van der Waals surface area contributed by atoms with Gasteiger partial charge in [0, 0.05) is 17.6 Å². The summed E-state index contributed by atoms with van der Waals surface area (Å²) in [5.41, 5.74) is 2.53. The van der Waals surface area contributed by atoms with Gasteiger partial charge in [-0.25, -0.2) is 0 Å². The first-order valence-electron chi connectivity index (χ1n) is 7.36. The molecule has 1 aromatic carbocycles. The summed E-state index contributed by atoms with van der Waals surface area (Å²) in [5, 5.41) is 1.30. The third-order valence-corrected chi connectivity index (χ3v) is 3.99. The smallest absolute Gasteiger partial charge is 0.0704 e. The number of hydrogen-bond acceptors (Lipinski definition) is 2. The van der Waals surface area contributed by atoms with Gasteiger partial charge in [-0.2, -0.15) is 0 Å². The molecule has 0 bridgehead atoms. The van der Waals surface area contributed by atoms with Gasteiger partial charge in [-0.05, 0) is 43.6 Å². The zero-order chi connectivity index (χ0) is 13.7. The average Bonchev–Trinajstić information content (AvgIpc) is 2.47. The maximum Gasteiger partial charge on any atom is 0.0704 e. The molecule has 0 amide bonds. The highest BCUT2D eigenvalue weighted by molar-refractivity contribution is 5.81. The molecule has 102 valence electrons. The molecule has 0 saturated heterocycles. The molecule has 0 aliphatic rings. The summed E-state index contributed by atoms with van der Waals surface area (Å²) in [6, 6.07) is 11.2. The number of nitrogens with zero attached hydrogens (tertiary/aromatic N) is 2. The van der Waals surface area contributed by atoms with Crippen molar-refractivity contribution in [2.75, 3.05) is 13.1 Å². The number of fused-ring (bicyclic) bond motifs is 1. The van der Waals surface area contributed by atoms with Gasteiger partial charge in [0.05, 0.1) is 5.52 Å². The van der Waals surface area contributed by atoms with Gasteiger partial charge in [-0.3, -0.25) is 4.98 Å². The van der Waals surface area contributed by atoms with E-state index in [-0.39, 0.29) is 0 Å². The van der Waals surface area contributed by atoms with Crippen molar-refractivity contribution in [2.45, 2.75) is 39.7 Å². The first-order valence-corrected chi connectivity index (χ1v) is 7.36. The molecule has 0 fully saturated rings. The maximum absolute atomic E-state index is 4.45. The fraction of sp³-hybridized carbons (Fsp3) is 0.471. The number of para-hydroxylation sites is 1. The van der Waals surface area contributed by atoms with Crippen LogP contribution in [0.3, 0.4) is 0 Å². The van der Waals surface area contributed by atoms with Crippen molar-refractivity contribution < 1.29 is 0 Å². The minimum Gasteiger partial charge on any atom is -0.301 e. The molecule has 0 N–H and O–H groups in total. The van der Waals surface area contributed by atoms with Gasteiger partial charge in [0.25, 0.3) is 0 Å². The van der Waals surface area contributed by atoms with Crippen molar-refractivity contribution in [3.63, 3.8) is 0 Å². The molecule has 0 aliphatic carbocycles. The summed E-state index contributed by atoms with van der Waals surface area (Å²) < 4.78 is 0. The van der Waals surface area contributed by atoms with Gasteiger partial charge in [0.15, 0.2) is 0 Å². The zero-order valence-corrected chi connectivity index (χ0v) is 12.3. The second kappa shape index (κ2) is 6.67. The molecule has 0 radical (unpaired) electrons. The van der Waals surface area contributed by atoms with Crippen molar-refractivity contribution in [1.82, 2.24) is 9.88 Å². The van der Waals surface area contributed by atoms with E-state index in [1.165, 1.54) is 17.4 Å². The minimum absolute atomic E-state index is 0.626. The van der Waals surface area contributed by atoms with E-state index in [0.717, 1.165) is 25.0 Å². The highest BCUT2D eigenvalue weighted by atomic mass is 15.1. The summed E-state index contributed by atoms with van der Waals surface area (Å²) in [5.74, 6) is 0. The molecular weight excluding hydrogens is 232 g/mol. The van der Waals surface area contributed by atoms with E-state index in [0.29, 0.717) is 6.04 Å². The second-order valence-electron chi connectivity index (χ2n) is 4.97. The van der Waals surface area contributed by atoms with Gasteiger partial charge in [0.2, 0.25) is 0 Å². The molecule has 1 atom stereocenters. The van der Waals surface area contributed by atoms with E-state index in [1.807, 2.05) is 6.20 Å². The van der Waals surface area contributed by atoms with Gasteiger partial charge in [0.1, 0.15) is 0 Å². The third-order valence-electron chi connectivity index (χ3n) is 3.99. The van der Waals surface area contributed by atoms with Crippen LogP contribution >= 0.6 is 0 Å². The van der Waals surface area contributed by atoms with Crippen LogP contribution in [0.4, 0.5) is 0 Å². The van der Waals surface area contributed by atoms with Gasteiger partial charge >= 0.3 is 0 Å². The van der Waals surface area contributed by atoms with Crippen LogP contribution in [0.1, 0.15) is 32.8 Å². The fourth-order valence-corrected chi connectivity index (χ4v) is 2.86. The first-order chi connectivity index (χ1) is 9.30. The Morgan fingerprint density at radius 2 is 1.79 bits per heavy atom. The Balaban J connectivity index is 2.29. The van der Waals surface area contributed by atoms with Gasteiger partial charge in [-0.1, -0.05) is 39.0 Å². The van der Waals surface area contributed by atoms with E-state index < -0.39 is 0 Å². The maximum atomic E-state index is 4.45. The monoisotopic (exact) mass is 256 g/mol. The predicted molar refractivity (Wildman–Crippen MR) is 82.4 cm³/mol. The number of likely N-dealkylation sites (N-methyl/N-ethyl adjacent to an activating group) is 1. The van der Waals surface area contributed by atoms with Crippen LogP contribution in [0.5, 0.6) is 0 Å². The van der Waals surface area contributed by atoms with Crippen LogP contribution in [-0.4, -0.2) is 29.0 Å². The second-order valence-corrected chi connectivity index (χ2v) is 4.97. The number of aromatic nitrogens is 1. The molecule has 2 nitrogen and oxygen atoms in total. The summed E-state index contributed by atoms with van der Waals surface area (Å²) in [6.07, 6.45) is 4.24. The summed E-state index contributed by atoms with van der Waals surface area (Å²) in [7, 11) is 0. The van der Waals surface area contributed by atoms with Gasteiger partial charge < -0.3 is 4.90 Å².